The van der Waals surface area contributed by atoms with Gasteiger partial charge in [0.05, 0.1) is 0 Å². The van der Waals surface area contributed by atoms with Crippen molar-refractivity contribution in [3.63, 3.8) is 0 Å². The summed E-state index contributed by atoms with van der Waals surface area (Å²) in [6.07, 6.45) is 2.39. The van der Waals surface area contributed by atoms with Crippen LogP contribution in [-0.4, -0.2) is 30.6 Å². The molecule has 1 aromatic rings. The summed E-state index contributed by atoms with van der Waals surface area (Å²) in [7, 11) is 0. The van der Waals surface area contributed by atoms with E-state index in [1.807, 2.05) is 11.8 Å². The van der Waals surface area contributed by atoms with E-state index in [-0.39, 0.29) is 0 Å². The number of hydrogen-bond acceptors (Lipinski definition) is 3. The number of benzene rings is 1. The zero-order chi connectivity index (χ0) is 13.7. The minimum absolute atomic E-state index is 0.489. The Balaban J connectivity index is 2.13. The average Bonchev–Trinajstić information content (AvgIpc) is 2.43. The van der Waals surface area contributed by atoms with Crippen LogP contribution in [0.3, 0.4) is 0 Å². The molecule has 2 rings (SSSR count). The van der Waals surface area contributed by atoms with Crippen LogP contribution in [0.1, 0.15) is 25.8 Å². The quantitative estimate of drug-likeness (QED) is 0.811. The molecule has 0 radical (unpaired) electrons. The molecule has 19 heavy (non-hydrogen) atoms. The molecule has 2 nitrogen and oxygen atoms in total. The largest absolute Gasteiger partial charge is 0.367 e. The fourth-order valence-electron chi connectivity index (χ4n) is 2.95. The second-order valence-corrected chi connectivity index (χ2v) is 6.86. The lowest BCUT2D eigenvalue weighted by Crippen LogP contribution is -2.46. The van der Waals surface area contributed by atoms with Gasteiger partial charge in [0.2, 0.25) is 0 Å². The molecule has 0 spiro atoms. The van der Waals surface area contributed by atoms with E-state index >= 15 is 0 Å². The minimum atomic E-state index is 0.489. The van der Waals surface area contributed by atoms with E-state index in [2.05, 4.69) is 43.0 Å². The Morgan fingerprint density at radius 2 is 2.21 bits per heavy atom. The van der Waals surface area contributed by atoms with Crippen LogP contribution in [0.25, 0.3) is 0 Å². The van der Waals surface area contributed by atoms with Gasteiger partial charge in [0.1, 0.15) is 0 Å². The fourth-order valence-corrected chi connectivity index (χ4v) is 3.68. The van der Waals surface area contributed by atoms with Gasteiger partial charge in [-0.3, -0.25) is 0 Å². The van der Waals surface area contributed by atoms with Crippen LogP contribution >= 0.6 is 11.8 Å². The van der Waals surface area contributed by atoms with E-state index in [0.29, 0.717) is 6.04 Å². The number of fused-ring (bicyclic) bond motifs is 1. The number of anilines is 1. The first-order valence-electron chi connectivity index (χ1n) is 7.38. The van der Waals surface area contributed by atoms with Crippen molar-refractivity contribution in [1.29, 1.82) is 0 Å². The summed E-state index contributed by atoms with van der Waals surface area (Å²) in [5.41, 5.74) is 8.94. The third-order valence-electron chi connectivity index (χ3n) is 3.89. The van der Waals surface area contributed by atoms with Gasteiger partial charge in [-0.15, -0.1) is 0 Å². The predicted molar refractivity (Wildman–Crippen MR) is 87.1 cm³/mol. The van der Waals surface area contributed by atoms with E-state index in [1.165, 1.54) is 35.6 Å². The molecule has 0 aromatic heterocycles. The summed E-state index contributed by atoms with van der Waals surface area (Å²) in [4.78, 5) is 2.56. The van der Waals surface area contributed by atoms with Gasteiger partial charge in [0.15, 0.2) is 0 Å². The molecule has 0 bridgehead atoms. The van der Waals surface area contributed by atoms with Gasteiger partial charge in [-0.05, 0) is 41.9 Å². The van der Waals surface area contributed by atoms with E-state index in [0.717, 1.165) is 19.0 Å². The maximum Gasteiger partial charge on any atom is 0.0420 e. The first-order valence-corrected chi connectivity index (χ1v) is 8.54. The Kier molecular flexibility index (Phi) is 5.59. The zero-order valence-corrected chi connectivity index (χ0v) is 13.0. The number of rotatable bonds is 6. The number of nitrogens with two attached hydrogens (primary N) is 1. The normalized spacial score (nSPS) is 20.2. The van der Waals surface area contributed by atoms with Gasteiger partial charge in [0, 0.05) is 24.8 Å². The maximum absolute atomic E-state index is 6.04. The lowest BCUT2D eigenvalue weighted by atomic mass is 9.92. The van der Waals surface area contributed by atoms with Gasteiger partial charge >= 0.3 is 0 Å². The van der Waals surface area contributed by atoms with Gasteiger partial charge in [-0.25, -0.2) is 0 Å². The highest BCUT2D eigenvalue weighted by atomic mass is 32.2. The van der Waals surface area contributed by atoms with Crippen molar-refractivity contribution < 1.29 is 0 Å². The first kappa shape index (κ1) is 14.7. The third-order valence-corrected chi connectivity index (χ3v) is 4.82. The lowest BCUT2D eigenvalue weighted by molar-refractivity contribution is 0.477. The second kappa shape index (κ2) is 7.20. The smallest absolute Gasteiger partial charge is 0.0420 e. The van der Waals surface area contributed by atoms with Gasteiger partial charge < -0.3 is 10.6 Å². The molecule has 0 saturated carbocycles. The average molecular weight is 278 g/mol. The molecule has 1 heterocycles. The molecule has 2 unspecified atom stereocenters. The van der Waals surface area contributed by atoms with Crippen molar-refractivity contribution in [3.8, 4) is 0 Å². The van der Waals surface area contributed by atoms with Crippen LogP contribution in [0, 0.1) is 5.92 Å². The molecule has 0 aliphatic carbocycles. The van der Waals surface area contributed by atoms with E-state index in [4.69, 9.17) is 5.73 Å². The van der Waals surface area contributed by atoms with Gasteiger partial charge in [0.25, 0.3) is 0 Å². The molecule has 1 aliphatic heterocycles. The fraction of sp³-hybridized carbons (Fsp3) is 0.625. The van der Waals surface area contributed by atoms with Crippen LogP contribution in [0.15, 0.2) is 24.3 Å². The van der Waals surface area contributed by atoms with Crippen molar-refractivity contribution in [3.05, 3.63) is 29.8 Å². The highest BCUT2D eigenvalue weighted by molar-refractivity contribution is 7.99. The summed E-state index contributed by atoms with van der Waals surface area (Å²) in [5, 5.41) is 0. The molecule has 2 N–H and O–H groups in total. The SMILES string of the molecule is CCSCCC(CN)N1CC(C)Cc2ccccc21. The van der Waals surface area contributed by atoms with Crippen LogP contribution in [0.4, 0.5) is 5.69 Å². The minimum Gasteiger partial charge on any atom is -0.367 e. The molecule has 0 fully saturated rings. The molecule has 1 aromatic carbocycles. The Labute approximate surface area is 121 Å². The molecular formula is C16H26N2S. The van der Waals surface area contributed by atoms with Crippen LogP contribution in [-0.2, 0) is 6.42 Å². The zero-order valence-electron chi connectivity index (χ0n) is 12.1. The maximum atomic E-state index is 6.04. The van der Waals surface area contributed by atoms with Gasteiger partial charge in [-0.2, -0.15) is 11.8 Å². The first-order chi connectivity index (χ1) is 9.26. The monoisotopic (exact) mass is 278 g/mol. The number of nitrogens with zero attached hydrogens (tertiary/aromatic N) is 1. The Bertz CT molecular complexity index is 394. The van der Waals surface area contributed by atoms with Crippen LogP contribution < -0.4 is 10.6 Å². The Hall–Kier alpha value is -0.670. The highest BCUT2D eigenvalue weighted by Gasteiger charge is 2.26. The lowest BCUT2D eigenvalue weighted by Gasteiger charge is -2.40. The number of thioether (sulfide) groups is 1. The molecular weight excluding hydrogens is 252 g/mol. The topological polar surface area (TPSA) is 29.3 Å². The van der Waals surface area contributed by atoms with Crippen molar-refractivity contribution in [2.75, 3.05) is 29.5 Å². The van der Waals surface area contributed by atoms with Crippen molar-refractivity contribution in [1.82, 2.24) is 0 Å². The number of para-hydroxylation sites is 1. The van der Waals surface area contributed by atoms with E-state index < -0.39 is 0 Å². The molecule has 2 atom stereocenters. The summed E-state index contributed by atoms with van der Waals surface area (Å²) in [5.74, 6) is 3.14. The van der Waals surface area contributed by atoms with Crippen LogP contribution in [0.5, 0.6) is 0 Å². The van der Waals surface area contributed by atoms with Crippen LogP contribution in [0.2, 0.25) is 0 Å². The predicted octanol–water partition coefficient (Wildman–Crippen LogP) is 3.16. The molecule has 0 saturated heterocycles. The van der Waals surface area contributed by atoms with Crippen molar-refractivity contribution >= 4 is 17.4 Å². The summed E-state index contributed by atoms with van der Waals surface area (Å²) in [6.45, 7) is 6.47. The molecule has 1 aliphatic rings. The highest BCUT2D eigenvalue weighted by Crippen LogP contribution is 2.31. The van der Waals surface area contributed by atoms with Crippen molar-refractivity contribution in [2.45, 2.75) is 32.7 Å². The Morgan fingerprint density at radius 3 is 2.95 bits per heavy atom. The number of hydrogen-bond donors (Lipinski definition) is 1. The second-order valence-electron chi connectivity index (χ2n) is 5.47. The summed E-state index contributed by atoms with van der Waals surface area (Å²) in [6, 6.07) is 9.32. The summed E-state index contributed by atoms with van der Waals surface area (Å²) < 4.78 is 0. The molecule has 3 heteroatoms. The standard InChI is InChI=1S/C16H26N2S/c1-3-19-9-8-15(11-17)18-12-13(2)10-14-6-4-5-7-16(14)18/h4-7,13,15H,3,8-12,17H2,1-2H3. The van der Waals surface area contributed by atoms with Gasteiger partial charge in [-0.1, -0.05) is 32.0 Å². The summed E-state index contributed by atoms with van der Waals surface area (Å²) >= 11 is 2.02. The third kappa shape index (κ3) is 3.67. The van der Waals surface area contributed by atoms with E-state index in [9.17, 15) is 0 Å². The van der Waals surface area contributed by atoms with E-state index in [1.54, 1.807) is 0 Å². The Morgan fingerprint density at radius 1 is 1.42 bits per heavy atom. The molecule has 0 amide bonds. The molecule has 106 valence electrons. The van der Waals surface area contributed by atoms with Crippen molar-refractivity contribution in [2.24, 2.45) is 11.7 Å².